The van der Waals surface area contributed by atoms with Crippen LogP contribution >= 0.6 is 36.2 Å². The van der Waals surface area contributed by atoms with Crippen LogP contribution in [-0.2, 0) is 11.3 Å². The van der Waals surface area contributed by atoms with Crippen LogP contribution in [0.4, 0.5) is 0 Å². The lowest BCUT2D eigenvalue weighted by Gasteiger charge is -2.24. The molecule has 0 bridgehead atoms. The molecule has 1 aliphatic heterocycles. The SMILES string of the molecule is Cc1ncsc1CN(C)C(=O)C1CC2CCCCC2N1.Cl.Cl. The van der Waals surface area contributed by atoms with Gasteiger partial charge < -0.3 is 10.2 Å². The van der Waals surface area contributed by atoms with E-state index in [2.05, 4.69) is 10.3 Å². The second-order valence-electron chi connectivity index (χ2n) is 6.16. The first-order chi connectivity index (χ1) is 9.65. The van der Waals surface area contributed by atoms with E-state index >= 15 is 0 Å². The van der Waals surface area contributed by atoms with Gasteiger partial charge in [0.25, 0.3) is 0 Å². The Morgan fingerprint density at radius 3 is 2.77 bits per heavy atom. The summed E-state index contributed by atoms with van der Waals surface area (Å²) in [6.45, 7) is 2.69. The van der Waals surface area contributed by atoms with Gasteiger partial charge in [-0.3, -0.25) is 4.79 Å². The fourth-order valence-electron chi connectivity index (χ4n) is 3.55. The number of likely N-dealkylation sites (N-methyl/N-ethyl adjacent to an activating group) is 1. The third kappa shape index (κ3) is 4.13. The molecule has 1 N–H and O–H groups in total. The molecular weight excluding hydrogens is 341 g/mol. The van der Waals surface area contributed by atoms with Crippen LogP contribution in [0.25, 0.3) is 0 Å². The van der Waals surface area contributed by atoms with Crippen LogP contribution in [0.1, 0.15) is 42.7 Å². The molecule has 1 saturated heterocycles. The molecule has 3 unspecified atom stereocenters. The Labute approximate surface area is 148 Å². The smallest absolute Gasteiger partial charge is 0.239 e. The zero-order valence-electron chi connectivity index (χ0n) is 13.1. The molecule has 0 aromatic carbocycles. The van der Waals surface area contributed by atoms with Gasteiger partial charge in [-0.1, -0.05) is 12.8 Å². The summed E-state index contributed by atoms with van der Waals surface area (Å²) in [6.07, 6.45) is 6.20. The summed E-state index contributed by atoms with van der Waals surface area (Å²) >= 11 is 1.63. The largest absolute Gasteiger partial charge is 0.339 e. The normalized spacial score (nSPS) is 26.5. The fourth-order valence-corrected chi connectivity index (χ4v) is 4.38. The number of rotatable bonds is 3. The highest BCUT2D eigenvalue weighted by Crippen LogP contribution is 2.33. The highest BCUT2D eigenvalue weighted by atomic mass is 35.5. The number of fused-ring (bicyclic) bond motifs is 1. The number of halogens is 2. The lowest BCUT2D eigenvalue weighted by Crippen LogP contribution is -2.43. The van der Waals surface area contributed by atoms with Crippen LogP contribution in [0.2, 0.25) is 0 Å². The Morgan fingerprint density at radius 1 is 1.41 bits per heavy atom. The lowest BCUT2D eigenvalue weighted by atomic mass is 9.85. The molecule has 4 nitrogen and oxygen atoms in total. The first kappa shape index (κ1) is 19.7. The van der Waals surface area contributed by atoms with Crippen LogP contribution < -0.4 is 5.32 Å². The average Bonchev–Trinajstić information content (AvgIpc) is 3.04. The molecule has 22 heavy (non-hydrogen) atoms. The van der Waals surface area contributed by atoms with E-state index in [1.54, 1.807) is 11.3 Å². The minimum Gasteiger partial charge on any atom is -0.339 e. The van der Waals surface area contributed by atoms with E-state index in [-0.39, 0.29) is 36.8 Å². The van der Waals surface area contributed by atoms with Crippen molar-refractivity contribution in [3.63, 3.8) is 0 Å². The van der Waals surface area contributed by atoms with Gasteiger partial charge in [-0.15, -0.1) is 36.2 Å². The summed E-state index contributed by atoms with van der Waals surface area (Å²) in [5.41, 5.74) is 2.90. The average molecular weight is 366 g/mol. The Kier molecular flexibility index (Phi) is 7.59. The molecular formula is C15H25Cl2N3OS. The van der Waals surface area contributed by atoms with E-state index in [1.807, 2.05) is 24.4 Å². The highest BCUT2D eigenvalue weighted by molar-refractivity contribution is 7.09. The van der Waals surface area contributed by atoms with Crippen molar-refractivity contribution in [3.05, 3.63) is 16.1 Å². The molecule has 2 fully saturated rings. The first-order valence-electron chi connectivity index (χ1n) is 7.55. The van der Waals surface area contributed by atoms with E-state index < -0.39 is 0 Å². The predicted molar refractivity (Wildman–Crippen MR) is 95.1 cm³/mol. The molecule has 7 heteroatoms. The molecule has 1 aliphatic carbocycles. The third-order valence-electron chi connectivity index (χ3n) is 4.76. The van der Waals surface area contributed by atoms with Gasteiger partial charge in [0.05, 0.1) is 23.8 Å². The molecule has 0 spiro atoms. The van der Waals surface area contributed by atoms with E-state index in [0.29, 0.717) is 12.6 Å². The molecule has 2 heterocycles. The van der Waals surface area contributed by atoms with Crippen LogP contribution in [-0.4, -0.2) is 34.9 Å². The Balaban J connectivity index is 0.00000121. The number of aryl methyl sites for hydroxylation is 1. The minimum atomic E-state index is 0. The summed E-state index contributed by atoms with van der Waals surface area (Å²) in [5.74, 6) is 0.962. The van der Waals surface area contributed by atoms with Gasteiger partial charge in [0.15, 0.2) is 0 Å². The van der Waals surface area contributed by atoms with Gasteiger partial charge in [0.1, 0.15) is 0 Å². The summed E-state index contributed by atoms with van der Waals surface area (Å²) in [5, 5.41) is 3.56. The molecule has 1 aromatic heterocycles. The second kappa shape index (κ2) is 8.48. The molecule has 1 aromatic rings. The number of carbonyl (C=O) groups is 1. The van der Waals surface area contributed by atoms with Crippen LogP contribution in [0.3, 0.4) is 0 Å². The molecule has 3 atom stereocenters. The number of thiazole rings is 1. The van der Waals surface area contributed by atoms with Gasteiger partial charge in [-0.05, 0) is 32.1 Å². The van der Waals surface area contributed by atoms with Crippen molar-refractivity contribution >= 4 is 42.1 Å². The first-order valence-corrected chi connectivity index (χ1v) is 8.43. The highest BCUT2D eigenvalue weighted by Gasteiger charge is 2.39. The van der Waals surface area contributed by atoms with E-state index in [0.717, 1.165) is 18.0 Å². The zero-order chi connectivity index (χ0) is 14.1. The predicted octanol–water partition coefficient (Wildman–Crippen LogP) is 3.17. The molecule has 0 radical (unpaired) electrons. The monoisotopic (exact) mass is 365 g/mol. The maximum atomic E-state index is 12.6. The Bertz CT molecular complexity index is 483. The van der Waals surface area contributed by atoms with Gasteiger partial charge in [-0.25, -0.2) is 4.98 Å². The number of hydrogen-bond acceptors (Lipinski definition) is 4. The standard InChI is InChI=1S/C15H23N3OS.2ClH/c1-10-14(20-9-16-10)8-18(2)15(19)13-7-11-5-3-4-6-12(11)17-13;;/h9,11-13,17H,3-8H2,1-2H3;2*1H. The van der Waals surface area contributed by atoms with Gasteiger partial charge >= 0.3 is 0 Å². The van der Waals surface area contributed by atoms with Gasteiger partial charge in [0, 0.05) is 18.0 Å². The number of nitrogens with one attached hydrogen (secondary N) is 1. The van der Waals surface area contributed by atoms with E-state index in [9.17, 15) is 4.79 Å². The number of hydrogen-bond donors (Lipinski definition) is 1. The van der Waals surface area contributed by atoms with Crippen molar-refractivity contribution in [3.8, 4) is 0 Å². The van der Waals surface area contributed by atoms with Crippen molar-refractivity contribution < 1.29 is 4.79 Å². The third-order valence-corrected chi connectivity index (χ3v) is 5.68. The molecule has 1 saturated carbocycles. The van der Waals surface area contributed by atoms with Crippen molar-refractivity contribution in [1.82, 2.24) is 15.2 Å². The van der Waals surface area contributed by atoms with E-state index in [1.165, 1.54) is 30.6 Å². The van der Waals surface area contributed by atoms with Crippen molar-refractivity contribution in [1.29, 1.82) is 0 Å². The molecule has 1 amide bonds. The van der Waals surface area contributed by atoms with Crippen LogP contribution in [0.15, 0.2) is 5.51 Å². The second-order valence-corrected chi connectivity index (χ2v) is 7.10. The van der Waals surface area contributed by atoms with Crippen LogP contribution in [0.5, 0.6) is 0 Å². The van der Waals surface area contributed by atoms with Crippen LogP contribution in [0, 0.1) is 12.8 Å². The van der Waals surface area contributed by atoms with Crippen molar-refractivity contribution in [2.75, 3.05) is 7.05 Å². The van der Waals surface area contributed by atoms with E-state index in [4.69, 9.17) is 0 Å². The number of aromatic nitrogens is 1. The Morgan fingerprint density at radius 2 is 2.14 bits per heavy atom. The number of nitrogens with zero attached hydrogens (tertiary/aromatic N) is 2. The lowest BCUT2D eigenvalue weighted by molar-refractivity contribution is -0.132. The van der Waals surface area contributed by atoms with Crippen molar-refractivity contribution in [2.24, 2.45) is 5.92 Å². The van der Waals surface area contributed by atoms with Gasteiger partial charge in [0.2, 0.25) is 5.91 Å². The quantitative estimate of drug-likeness (QED) is 0.894. The number of carbonyl (C=O) groups excluding carboxylic acids is 1. The molecule has 2 aliphatic rings. The molecule has 3 rings (SSSR count). The topological polar surface area (TPSA) is 45.2 Å². The Hall–Kier alpha value is -0.360. The summed E-state index contributed by atoms with van der Waals surface area (Å²) in [6, 6.07) is 0.609. The number of amides is 1. The maximum absolute atomic E-state index is 12.6. The van der Waals surface area contributed by atoms with Crippen molar-refractivity contribution in [2.45, 2.75) is 57.7 Å². The minimum absolute atomic E-state index is 0. The summed E-state index contributed by atoms with van der Waals surface area (Å²) in [4.78, 5) is 19.9. The fraction of sp³-hybridized carbons (Fsp3) is 0.733. The molecule has 126 valence electrons. The van der Waals surface area contributed by atoms with Gasteiger partial charge in [-0.2, -0.15) is 0 Å². The summed E-state index contributed by atoms with van der Waals surface area (Å²) in [7, 11) is 1.91. The summed E-state index contributed by atoms with van der Waals surface area (Å²) < 4.78 is 0. The zero-order valence-corrected chi connectivity index (χ0v) is 15.5. The maximum Gasteiger partial charge on any atom is 0.239 e.